The molecule has 1 aromatic heterocycles. The van der Waals surface area contributed by atoms with Crippen LogP contribution in [0.5, 0.6) is 0 Å². The summed E-state index contributed by atoms with van der Waals surface area (Å²) < 4.78 is 38.2. The SMILES string of the molecule is O=[N+]([O-])c1cc(C(F)(F)F)c(Cl)cc1NCCCc1ncn[nH]1. The van der Waals surface area contributed by atoms with Crippen LogP contribution in [0.4, 0.5) is 24.5 Å². The van der Waals surface area contributed by atoms with Gasteiger partial charge in [-0.05, 0) is 12.5 Å². The Morgan fingerprint density at radius 1 is 1.39 bits per heavy atom. The van der Waals surface area contributed by atoms with E-state index in [2.05, 4.69) is 20.5 Å². The van der Waals surface area contributed by atoms with Gasteiger partial charge in [-0.3, -0.25) is 15.2 Å². The summed E-state index contributed by atoms with van der Waals surface area (Å²) in [7, 11) is 0. The quantitative estimate of drug-likeness (QED) is 0.473. The standard InChI is InChI=1S/C12H11ClF3N5O2/c13-8-5-9(17-3-1-2-11-18-6-19-20-11)10(21(22)23)4-7(8)12(14,15)16/h4-6,17H,1-3H2,(H,18,19,20). The Kier molecular flexibility index (Phi) is 5.04. The van der Waals surface area contributed by atoms with Gasteiger partial charge in [0.25, 0.3) is 5.69 Å². The van der Waals surface area contributed by atoms with Crippen LogP contribution in [0.2, 0.25) is 5.02 Å². The van der Waals surface area contributed by atoms with Crippen molar-refractivity contribution in [2.75, 3.05) is 11.9 Å². The lowest BCUT2D eigenvalue weighted by Crippen LogP contribution is -2.10. The molecule has 0 amide bonds. The highest BCUT2D eigenvalue weighted by Crippen LogP contribution is 2.40. The molecule has 11 heteroatoms. The van der Waals surface area contributed by atoms with E-state index in [-0.39, 0.29) is 5.69 Å². The molecule has 0 unspecified atom stereocenters. The molecule has 0 radical (unpaired) electrons. The first-order valence-corrected chi connectivity index (χ1v) is 6.80. The van der Waals surface area contributed by atoms with Crippen LogP contribution >= 0.6 is 11.6 Å². The molecule has 1 aromatic carbocycles. The highest BCUT2D eigenvalue weighted by atomic mass is 35.5. The monoisotopic (exact) mass is 349 g/mol. The number of halogens is 4. The molecule has 0 spiro atoms. The van der Waals surface area contributed by atoms with Gasteiger partial charge in [-0.2, -0.15) is 18.3 Å². The molecule has 7 nitrogen and oxygen atoms in total. The third-order valence-corrected chi connectivity index (χ3v) is 3.27. The van der Waals surface area contributed by atoms with Crippen molar-refractivity contribution >= 4 is 23.0 Å². The second-order valence-corrected chi connectivity index (χ2v) is 4.97. The van der Waals surface area contributed by atoms with E-state index in [1.165, 1.54) is 6.33 Å². The number of H-pyrrole nitrogens is 1. The average Bonchev–Trinajstić information content (AvgIpc) is 2.95. The summed E-state index contributed by atoms with van der Waals surface area (Å²) in [5.74, 6) is 0.645. The van der Waals surface area contributed by atoms with Gasteiger partial charge in [0.2, 0.25) is 0 Å². The number of aromatic nitrogens is 3. The molecule has 0 saturated heterocycles. The van der Waals surface area contributed by atoms with Gasteiger partial charge in [-0.25, -0.2) is 4.98 Å². The minimum absolute atomic E-state index is 0.0643. The number of benzene rings is 1. The molecule has 1 heterocycles. The van der Waals surface area contributed by atoms with Crippen LogP contribution in [0.1, 0.15) is 17.8 Å². The molecule has 0 saturated carbocycles. The Bertz CT molecular complexity index is 691. The highest BCUT2D eigenvalue weighted by Gasteiger charge is 2.36. The number of hydrogen-bond donors (Lipinski definition) is 2. The molecule has 2 rings (SSSR count). The molecule has 2 N–H and O–H groups in total. The van der Waals surface area contributed by atoms with Gasteiger partial charge in [-0.1, -0.05) is 11.6 Å². The second kappa shape index (κ2) is 6.82. The van der Waals surface area contributed by atoms with Crippen molar-refractivity contribution in [3.8, 4) is 0 Å². The van der Waals surface area contributed by atoms with Gasteiger partial charge in [0.1, 0.15) is 17.8 Å². The molecular weight excluding hydrogens is 339 g/mol. The summed E-state index contributed by atoms with van der Waals surface area (Å²) in [5.41, 5.74) is -1.98. The molecular formula is C12H11ClF3N5O2. The van der Waals surface area contributed by atoms with Crippen LogP contribution < -0.4 is 5.32 Å². The lowest BCUT2D eigenvalue weighted by atomic mass is 10.1. The largest absolute Gasteiger partial charge is 0.418 e. The number of hydrogen-bond acceptors (Lipinski definition) is 5. The van der Waals surface area contributed by atoms with Gasteiger partial charge in [0.15, 0.2) is 0 Å². The van der Waals surface area contributed by atoms with Gasteiger partial charge in [0, 0.05) is 19.0 Å². The van der Waals surface area contributed by atoms with E-state index in [1.54, 1.807) is 0 Å². The number of aryl methyl sites for hydroxylation is 1. The molecule has 0 bridgehead atoms. The maximum Gasteiger partial charge on any atom is 0.418 e. The second-order valence-electron chi connectivity index (χ2n) is 4.57. The number of aromatic amines is 1. The number of anilines is 1. The number of nitrogens with one attached hydrogen (secondary N) is 2. The molecule has 0 aliphatic rings. The fourth-order valence-electron chi connectivity index (χ4n) is 1.90. The Labute approximate surface area is 133 Å². The van der Waals surface area contributed by atoms with E-state index >= 15 is 0 Å². The van der Waals surface area contributed by atoms with E-state index in [4.69, 9.17) is 11.6 Å². The van der Waals surface area contributed by atoms with Gasteiger partial charge in [-0.15, -0.1) is 0 Å². The van der Waals surface area contributed by atoms with Crippen molar-refractivity contribution < 1.29 is 18.1 Å². The summed E-state index contributed by atoms with van der Waals surface area (Å²) >= 11 is 5.58. The fourth-order valence-corrected chi connectivity index (χ4v) is 2.17. The Morgan fingerprint density at radius 3 is 2.70 bits per heavy atom. The van der Waals surface area contributed by atoms with Crippen molar-refractivity contribution in [1.29, 1.82) is 0 Å². The number of nitrogens with zero attached hydrogens (tertiary/aromatic N) is 3. The smallest absolute Gasteiger partial charge is 0.379 e. The lowest BCUT2D eigenvalue weighted by Gasteiger charge is -2.12. The van der Waals surface area contributed by atoms with Crippen LogP contribution in [0.15, 0.2) is 18.5 Å². The summed E-state index contributed by atoms with van der Waals surface area (Å²) in [4.78, 5) is 14.0. The van der Waals surface area contributed by atoms with E-state index in [0.717, 1.165) is 6.07 Å². The summed E-state index contributed by atoms with van der Waals surface area (Å²) in [6, 6.07) is 1.35. The summed E-state index contributed by atoms with van der Waals surface area (Å²) in [5, 5.41) is 19.4. The zero-order valence-corrected chi connectivity index (χ0v) is 12.3. The molecule has 0 aliphatic heterocycles. The van der Waals surface area contributed by atoms with Gasteiger partial charge in [0.05, 0.1) is 15.5 Å². The van der Waals surface area contributed by atoms with E-state index in [9.17, 15) is 23.3 Å². The predicted octanol–water partition coefficient (Wildman–Crippen LogP) is 3.43. The van der Waals surface area contributed by atoms with Crippen molar-refractivity contribution in [2.24, 2.45) is 0 Å². The lowest BCUT2D eigenvalue weighted by molar-refractivity contribution is -0.384. The number of nitro benzene ring substituents is 1. The minimum atomic E-state index is -4.76. The molecule has 0 atom stereocenters. The Hall–Kier alpha value is -2.36. The van der Waals surface area contributed by atoms with E-state index < -0.39 is 27.4 Å². The molecule has 0 aliphatic carbocycles. The first kappa shape index (κ1) is 17.0. The predicted molar refractivity (Wildman–Crippen MR) is 76.3 cm³/mol. The van der Waals surface area contributed by atoms with Gasteiger partial charge < -0.3 is 5.32 Å². The molecule has 0 fully saturated rings. The van der Waals surface area contributed by atoms with E-state index in [0.29, 0.717) is 31.3 Å². The number of nitro groups is 1. The first-order valence-electron chi connectivity index (χ1n) is 6.42. The Morgan fingerprint density at radius 2 is 2.13 bits per heavy atom. The molecule has 124 valence electrons. The third-order valence-electron chi connectivity index (χ3n) is 2.96. The van der Waals surface area contributed by atoms with Crippen LogP contribution in [-0.4, -0.2) is 26.6 Å². The van der Waals surface area contributed by atoms with Crippen LogP contribution in [0, 0.1) is 10.1 Å². The third kappa shape index (κ3) is 4.31. The molecule has 2 aromatic rings. The Balaban J connectivity index is 2.11. The van der Waals surface area contributed by atoms with E-state index in [1.807, 2.05) is 0 Å². The zero-order valence-electron chi connectivity index (χ0n) is 11.5. The van der Waals surface area contributed by atoms with Crippen LogP contribution in [0.25, 0.3) is 0 Å². The van der Waals surface area contributed by atoms with Crippen LogP contribution in [-0.2, 0) is 12.6 Å². The topological polar surface area (TPSA) is 96.7 Å². The maximum absolute atomic E-state index is 12.7. The van der Waals surface area contributed by atoms with Crippen molar-refractivity contribution in [3.63, 3.8) is 0 Å². The zero-order chi connectivity index (χ0) is 17.0. The summed E-state index contributed by atoms with van der Waals surface area (Å²) in [6.07, 6.45) is -2.32. The maximum atomic E-state index is 12.7. The van der Waals surface area contributed by atoms with Crippen molar-refractivity contribution in [2.45, 2.75) is 19.0 Å². The van der Waals surface area contributed by atoms with Crippen molar-refractivity contribution in [1.82, 2.24) is 15.2 Å². The van der Waals surface area contributed by atoms with Gasteiger partial charge >= 0.3 is 6.18 Å². The summed E-state index contributed by atoms with van der Waals surface area (Å²) in [6.45, 7) is 0.295. The normalized spacial score (nSPS) is 11.5. The average molecular weight is 350 g/mol. The van der Waals surface area contributed by atoms with Crippen LogP contribution in [0.3, 0.4) is 0 Å². The number of rotatable bonds is 6. The van der Waals surface area contributed by atoms with Crippen molar-refractivity contribution in [3.05, 3.63) is 45.0 Å². The molecule has 23 heavy (non-hydrogen) atoms. The number of alkyl halides is 3. The first-order chi connectivity index (χ1) is 10.8. The fraction of sp³-hybridized carbons (Fsp3) is 0.333. The minimum Gasteiger partial charge on any atom is -0.379 e. The highest BCUT2D eigenvalue weighted by molar-refractivity contribution is 6.31.